The minimum absolute atomic E-state index is 0.866. The van der Waals surface area contributed by atoms with E-state index in [9.17, 15) is 0 Å². The molecular formula is C17H21N3. The van der Waals surface area contributed by atoms with Crippen LogP contribution in [-0.4, -0.2) is 16.1 Å². The molecule has 2 heterocycles. The molecule has 1 N–H and O–H groups in total. The third-order valence-electron chi connectivity index (χ3n) is 4.68. The molecule has 1 saturated carbocycles. The van der Waals surface area contributed by atoms with Crippen LogP contribution in [0.2, 0.25) is 0 Å². The molecule has 1 aromatic carbocycles. The highest BCUT2D eigenvalue weighted by Crippen LogP contribution is 2.32. The fourth-order valence-corrected chi connectivity index (χ4v) is 3.31. The molecule has 0 spiro atoms. The van der Waals surface area contributed by atoms with Gasteiger partial charge in [0.2, 0.25) is 0 Å². The molecular weight excluding hydrogens is 246 g/mol. The van der Waals surface area contributed by atoms with Gasteiger partial charge >= 0.3 is 0 Å². The molecule has 104 valence electrons. The fraction of sp³-hybridized carbons (Fsp3) is 0.471. The molecule has 1 aliphatic heterocycles. The Morgan fingerprint density at radius 2 is 2.05 bits per heavy atom. The summed E-state index contributed by atoms with van der Waals surface area (Å²) in [5, 5.41) is 3.44. The van der Waals surface area contributed by atoms with Gasteiger partial charge in [-0.1, -0.05) is 36.8 Å². The zero-order valence-electron chi connectivity index (χ0n) is 11.8. The average molecular weight is 267 g/mol. The summed E-state index contributed by atoms with van der Waals surface area (Å²) in [6.45, 7) is 3.16. The maximum absolute atomic E-state index is 4.93. The first-order valence-corrected chi connectivity index (χ1v) is 7.76. The summed E-state index contributed by atoms with van der Waals surface area (Å²) < 4.78 is 2.51. The summed E-state index contributed by atoms with van der Waals surface area (Å²) >= 11 is 0. The lowest BCUT2D eigenvalue weighted by molar-refractivity contribution is 0.274. The third-order valence-corrected chi connectivity index (χ3v) is 4.68. The smallest absolute Gasteiger partial charge is 0.140 e. The van der Waals surface area contributed by atoms with Crippen LogP contribution < -0.4 is 5.32 Å². The van der Waals surface area contributed by atoms with Gasteiger partial charge in [0.25, 0.3) is 0 Å². The lowest BCUT2D eigenvalue weighted by atomic mass is 9.85. The number of nitrogens with zero attached hydrogens (tertiary/aromatic N) is 2. The predicted molar refractivity (Wildman–Crippen MR) is 80.4 cm³/mol. The Morgan fingerprint density at radius 1 is 1.20 bits per heavy atom. The first-order chi connectivity index (χ1) is 9.92. The predicted octanol–water partition coefficient (Wildman–Crippen LogP) is 3.00. The standard InChI is InChI=1S/C17H21N3/c1-2-7-14(8-3-1)17-19-15-11-18-10-9-16(15)20(17)12-13-5-4-6-13/h1-3,7-8,13,18H,4-6,9-12H2. The Balaban J connectivity index is 1.77. The Bertz CT molecular complexity index is 596. The highest BCUT2D eigenvalue weighted by molar-refractivity contribution is 5.57. The molecule has 20 heavy (non-hydrogen) atoms. The van der Waals surface area contributed by atoms with Crippen LogP contribution in [0.25, 0.3) is 11.4 Å². The largest absolute Gasteiger partial charge is 0.327 e. The van der Waals surface area contributed by atoms with E-state index in [1.165, 1.54) is 42.0 Å². The van der Waals surface area contributed by atoms with Crippen molar-refractivity contribution < 1.29 is 0 Å². The topological polar surface area (TPSA) is 29.9 Å². The summed E-state index contributed by atoms with van der Waals surface area (Å²) in [6, 6.07) is 10.6. The molecule has 2 aliphatic rings. The molecule has 3 nitrogen and oxygen atoms in total. The molecule has 4 rings (SSSR count). The van der Waals surface area contributed by atoms with E-state index < -0.39 is 0 Å². The lowest BCUT2D eigenvalue weighted by Gasteiger charge is -2.28. The van der Waals surface area contributed by atoms with Crippen molar-refractivity contribution >= 4 is 0 Å². The Kier molecular flexibility index (Phi) is 3.07. The van der Waals surface area contributed by atoms with Crippen LogP contribution in [0.1, 0.15) is 30.7 Å². The first-order valence-electron chi connectivity index (χ1n) is 7.76. The van der Waals surface area contributed by atoms with E-state index in [-0.39, 0.29) is 0 Å². The Morgan fingerprint density at radius 3 is 2.80 bits per heavy atom. The zero-order chi connectivity index (χ0) is 13.4. The number of aromatic nitrogens is 2. The monoisotopic (exact) mass is 267 g/mol. The van der Waals surface area contributed by atoms with Gasteiger partial charge in [0.1, 0.15) is 5.82 Å². The number of rotatable bonds is 3. The molecule has 0 atom stereocenters. The van der Waals surface area contributed by atoms with E-state index in [4.69, 9.17) is 4.98 Å². The minimum atomic E-state index is 0.866. The van der Waals surface area contributed by atoms with Crippen molar-refractivity contribution in [3.63, 3.8) is 0 Å². The van der Waals surface area contributed by atoms with Crippen molar-refractivity contribution in [2.75, 3.05) is 6.54 Å². The van der Waals surface area contributed by atoms with Crippen molar-refractivity contribution in [2.45, 2.75) is 38.8 Å². The van der Waals surface area contributed by atoms with Crippen molar-refractivity contribution in [3.05, 3.63) is 41.7 Å². The lowest BCUT2D eigenvalue weighted by Crippen LogP contribution is -2.26. The second kappa shape index (κ2) is 5.06. The summed E-state index contributed by atoms with van der Waals surface area (Å²) in [7, 11) is 0. The normalized spacial score (nSPS) is 18.6. The maximum atomic E-state index is 4.93. The molecule has 0 amide bonds. The summed E-state index contributed by atoms with van der Waals surface area (Å²) in [5.41, 5.74) is 3.98. The van der Waals surface area contributed by atoms with E-state index in [1.54, 1.807) is 0 Å². The highest BCUT2D eigenvalue weighted by atomic mass is 15.1. The molecule has 1 aliphatic carbocycles. The number of hydrogen-bond acceptors (Lipinski definition) is 2. The molecule has 0 bridgehead atoms. The zero-order valence-corrected chi connectivity index (χ0v) is 11.8. The van der Waals surface area contributed by atoms with E-state index in [1.807, 2.05) is 0 Å². The summed E-state index contributed by atoms with van der Waals surface area (Å²) in [5.74, 6) is 2.04. The van der Waals surface area contributed by atoms with Gasteiger partial charge in [-0.15, -0.1) is 0 Å². The minimum Gasteiger partial charge on any atom is -0.327 e. The first kappa shape index (κ1) is 12.2. The van der Waals surface area contributed by atoms with Crippen molar-refractivity contribution in [3.8, 4) is 11.4 Å². The van der Waals surface area contributed by atoms with Gasteiger partial charge < -0.3 is 9.88 Å². The van der Waals surface area contributed by atoms with Crippen LogP contribution in [0, 0.1) is 5.92 Å². The highest BCUT2D eigenvalue weighted by Gasteiger charge is 2.25. The van der Waals surface area contributed by atoms with Crippen molar-refractivity contribution in [1.82, 2.24) is 14.9 Å². The molecule has 3 heteroatoms. The van der Waals surface area contributed by atoms with Gasteiger partial charge in [0.05, 0.1) is 5.69 Å². The van der Waals surface area contributed by atoms with Crippen molar-refractivity contribution in [1.29, 1.82) is 0 Å². The van der Waals surface area contributed by atoms with E-state index in [0.29, 0.717) is 0 Å². The van der Waals surface area contributed by atoms with Crippen LogP contribution in [0.4, 0.5) is 0 Å². The second-order valence-electron chi connectivity index (χ2n) is 6.03. The number of imidazole rings is 1. The molecule has 1 fully saturated rings. The molecule has 0 radical (unpaired) electrons. The second-order valence-corrected chi connectivity index (χ2v) is 6.03. The van der Waals surface area contributed by atoms with Gasteiger partial charge in [-0.2, -0.15) is 0 Å². The molecule has 0 unspecified atom stereocenters. The quantitative estimate of drug-likeness (QED) is 0.926. The van der Waals surface area contributed by atoms with Crippen LogP contribution >= 0.6 is 0 Å². The van der Waals surface area contributed by atoms with Gasteiger partial charge in [-0.05, 0) is 18.8 Å². The van der Waals surface area contributed by atoms with Gasteiger partial charge in [-0.25, -0.2) is 4.98 Å². The van der Waals surface area contributed by atoms with E-state index in [2.05, 4.69) is 40.2 Å². The number of benzene rings is 1. The molecule has 0 saturated heterocycles. The Hall–Kier alpha value is -1.61. The third kappa shape index (κ3) is 2.06. The Labute approximate surface area is 120 Å². The van der Waals surface area contributed by atoms with Crippen LogP contribution in [-0.2, 0) is 19.5 Å². The van der Waals surface area contributed by atoms with E-state index >= 15 is 0 Å². The van der Waals surface area contributed by atoms with Crippen LogP contribution in [0.3, 0.4) is 0 Å². The number of fused-ring (bicyclic) bond motifs is 1. The van der Waals surface area contributed by atoms with Gasteiger partial charge in [0.15, 0.2) is 0 Å². The maximum Gasteiger partial charge on any atom is 0.140 e. The number of nitrogens with one attached hydrogen (secondary N) is 1. The van der Waals surface area contributed by atoms with Crippen LogP contribution in [0.5, 0.6) is 0 Å². The average Bonchev–Trinajstić information content (AvgIpc) is 2.82. The van der Waals surface area contributed by atoms with Gasteiger partial charge in [0, 0.05) is 37.3 Å². The number of hydrogen-bond donors (Lipinski definition) is 1. The van der Waals surface area contributed by atoms with Crippen LogP contribution in [0.15, 0.2) is 30.3 Å². The van der Waals surface area contributed by atoms with E-state index in [0.717, 1.165) is 32.0 Å². The SMILES string of the molecule is c1ccc(-c2nc3c(n2CC2CCC2)CCNC3)cc1. The summed E-state index contributed by atoms with van der Waals surface area (Å²) in [6.07, 6.45) is 5.30. The fourth-order valence-electron chi connectivity index (χ4n) is 3.31. The van der Waals surface area contributed by atoms with Crippen molar-refractivity contribution in [2.24, 2.45) is 5.92 Å². The molecule has 2 aromatic rings. The summed E-state index contributed by atoms with van der Waals surface area (Å²) in [4.78, 5) is 4.93. The molecule has 1 aromatic heterocycles. The van der Waals surface area contributed by atoms with Gasteiger partial charge in [-0.3, -0.25) is 0 Å².